The number of hydrogen-bond donors (Lipinski definition) is 2. The van der Waals surface area contributed by atoms with E-state index in [1.807, 2.05) is 11.8 Å². The minimum Gasteiger partial charge on any atom is -0.317 e. The molecular weight excluding hydrogens is 192 g/mol. The van der Waals surface area contributed by atoms with Crippen molar-refractivity contribution in [3.05, 3.63) is 0 Å². The Bertz CT molecular complexity index is 122. The Kier molecular flexibility index (Phi) is 7.55. The van der Waals surface area contributed by atoms with Crippen molar-refractivity contribution in [2.24, 2.45) is 0 Å². The molecule has 0 bridgehead atoms. The summed E-state index contributed by atoms with van der Waals surface area (Å²) in [6, 6.07) is 0.768. The molecule has 1 unspecified atom stereocenters. The predicted molar refractivity (Wildman–Crippen MR) is 66.1 cm³/mol. The standard InChI is InChI=1S/C11H24N2S/c1-14-10-4-8-13-11-5-2-3-7-12-9-6-11/h11-13H,2-10H2,1H3. The van der Waals surface area contributed by atoms with Crippen LogP contribution in [0.3, 0.4) is 0 Å². The summed E-state index contributed by atoms with van der Waals surface area (Å²) in [6.45, 7) is 3.62. The van der Waals surface area contributed by atoms with Gasteiger partial charge in [0.05, 0.1) is 0 Å². The predicted octanol–water partition coefficient (Wildman–Crippen LogP) is 1.86. The smallest absolute Gasteiger partial charge is 0.00791 e. The molecule has 0 aromatic carbocycles. The lowest BCUT2D eigenvalue weighted by molar-refractivity contribution is 0.400. The van der Waals surface area contributed by atoms with Gasteiger partial charge in [0, 0.05) is 6.04 Å². The third-order valence-electron chi connectivity index (χ3n) is 2.78. The summed E-state index contributed by atoms with van der Waals surface area (Å²) in [6.07, 6.45) is 8.90. The van der Waals surface area contributed by atoms with Crippen molar-refractivity contribution in [3.63, 3.8) is 0 Å². The summed E-state index contributed by atoms with van der Waals surface area (Å²) >= 11 is 1.94. The second kappa shape index (κ2) is 8.57. The first kappa shape index (κ1) is 12.3. The Morgan fingerprint density at radius 3 is 3.07 bits per heavy atom. The fraction of sp³-hybridized carbons (Fsp3) is 1.00. The van der Waals surface area contributed by atoms with Crippen molar-refractivity contribution < 1.29 is 0 Å². The summed E-state index contributed by atoms with van der Waals surface area (Å²) in [4.78, 5) is 0. The third-order valence-corrected chi connectivity index (χ3v) is 3.48. The van der Waals surface area contributed by atoms with E-state index in [1.165, 1.54) is 57.5 Å². The highest BCUT2D eigenvalue weighted by atomic mass is 32.2. The zero-order valence-electron chi connectivity index (χ0n) is 9.35. The highest BCUT2D eigenvalue weighted by Crippen LogP contribution is 2.07. The fourth-order valence-electron chi connectivity index (χ4n) is 1.91. The molecule has 1 aliphatic heterocycles. The first-order valence-electron chi connectivity index (χ1n) is 5.86. The summed E-state index contributed by atoms with van der Waals surface area (Å²) < 4.78 is 0. The van der Waals surface area contributed by atoms with Crippen LogP contribution in [0.2, 0.25) is 0 Å². The quantitative estimate of drug-likeness (QED) is 0.686. The van der Waals surface area contributed by atoms with Gasteiger partial charge in [-0.05, 0) is 57.3 Å². The van der Waals surface area contributed by atoms with Gasteiger partial charge in [0.15, 0.2) is 0 Å². The molecule has 1 fully saturated rings. The van der Waals surface area contributed by atoms with E-state index in [9.17, 15) is 0 Å². The van der Waals surface area contributed by atoms with Crippen LogP contribution in [0.15, 0.2) is 0 Å². The summed E-state index contributed by atoms with van der Waals surface area (Å²) in [7, 11) is 0. The average molecular weight is 216 g/mol. The molecule has 3 heteroatoms. The second-order valence-corrected chi connectivity index (χ2v) is 5.02. The first-order valence-corrected chi connectivity index (χ1v) is 7.26. The van der Waals surface area contributed by atoms with Crippen molar-refractivity contribution in [1.82, 2.24) is 10.6 Å². The molecule has 0 aromatic rings. The number of hydrogen-bond acceptors (Lipinski definition) is 3. The highest BCUT2D eigenvalue weighted by Gasteiger charge is 2.09. The van der Waals surface area contributed by atoms with Crippen LogP contribution in [0.25, 0.3) is 0 Å². The minimum absolute atomic E-state index is 0.768. The molecule has 2 N–H and O–H groups in total. The van der Waals surface area contributed by atoms with Crippen LogP contribution in [0.4, 0.5) is 0 Å². The third kappa shape index (κ3) is 5.89. The van der Waals surface area contributed by atoms with Crippen LogP contribution >= 0.6 is 11.8 Å². The molecule has 0 amide bonds. The molecule has 0 spiro atoms. The van der Waals surface area contributed by atoms with E-state index in [0.29, 0.717) is 0 Å². The van der Waals surface area contributed by atoms with Crippen LogP contribution in [0.1, 0.15) is 32.1 Å². The Morgan fingerprint density at radius 2 is 2.21 bits per heavy atom. The van der Waals surface area contributed by atoms with Gasteiger partial charge in [-0.3, -0.25) is 0 Å². The maximum absolute atomic E-state index is 3.67. The lowest BCUT2D eigenvalue weighted by Crippen LogP contribution is -2.35. The molecule has 0 radical (unpaired) electrons. The zero-order valence-corrected chi connectivity index (χ0v) is 10.2. The largest absolute Gasteiger partial charge is 0.317 e. The molecular formula is C11H24N2S. The van der Waals surface area contributed by atoms with Gasteiger partial charge in [-0.2, -0.15) is 11.8 Å². The topological polar surface area (TPSA) is 24.1 Å². The van der Waals surface area contributed by atoms with Crippen molar-refractivity contribution >= 4 is 11.8 Å². The van der Waals surface area contributed by atoms with Crippen LogP contribution < -0.4 is 10.6 Å². The van der Waals surface area contributed by atoms with E-state index < -0.39 is 0 Å². The van der Waals surface area contributed by atoms with E-state index in [1.54, 1.807) is 0 Å². The molecule has 1 saturated heterocycles. The van der Waals surface area contributed by atoms with Gasteiger partial charge in [-0.25, -0.2) is 0 Å². The van der Waals surface area contributed by atoms with Gasteiger partial charge >= 0.3 is 0 Å². The van der Waals surface area contributed by atoms with Crippen molar-refractivity contribution in [2.75, 3.05) is 31.6 Å². The molecule has 0 saturated carbocycles. The molecule has 1 aliphatic rings. The van der Waals surface area contributed by atoms with Crippen molar-refractivity contribution in [1.29, 1.82) is 0 Å². The van der Waals surface area contributed by atoms with Gasteiger partial charge in [0.25, 0.3) is 0 Å². The molecule has 0 aliphatic carbocycles. The maximum Gasteiger partial charge on any atom is 0.00791 e. The first-order chi connectivity index (χ1) is 6.93. The van der Waals surface area contributed by atoms with Gasteiger partial charge < -0.3 is 10.6 Å². The number of nitrogens with one attached hydrogen (secondary N) is 2. The monoisotopic (exact) mass is 216 g/mol. The SMILES string of the molecule is CSCCCNC1CCCCNCC1. The van der Waals surface area contributed by atoms with Crippen LogP contribution in [0, 0.1) is 0 Å². The Hall–Kier alpha value is 0.270. The van der Waals surface area contributed by atoms with Gasteiger partial charge in [0.2, 0.25) is 0 Å². The molecule has 0 aromatic heterocycles. The van der Waals surface area contributed by atoms with Crippen molar-refractivity contribution in [2.45, 2.75) is 38.1 Å². The van der Waals surface area contributed by atoms with Gasteiger partial charge in [-0.1, -0.05) is 6.42 Å². The van der Waals surface area contributed by atoms with E-state index in [2.05, 4.69) is 16.9 Å². The zero-order chi connectivity index (χ0) is 10.1. The van der Waals surface area contributed by atoms with Gasteiger partial charge in [0.1, 0.15) is 0 Å². The van der Waals surface area contributed by atoms with Crippen LogP contribution in [-0.4, -0.2) is 37.7 Å². The summed E-state index contributed by atoms with van der Waals surface area (Å²) in [5.41, 5.74) is 0. The molecule has 1 rings (SSSR count). The Labute approximate surface area is 92.6 Å². The van der Waals surface area contributed by atoms with E-state index in [-0.39, 0.29) is 0 Å². The molecule has 14 heavy (non-hydrogen) atoms. The van der Waals surface area contributed by atoms with E-state index in [0.717, 1.165) is 6.04 Å². The molecule has 1 heterocycles. The average Bonchev–Trinajstić information content (AvgIpc) is 2.15. The lowest BCUT2D eigenvalue weighted by Gasteiger charge is -2.21. The van der Waals surface area contributed by atoms with E-state index in [4.69, 9.17) is 0 Å². The molecule has 84 valence electrons. The Morgan fingerprint density at radius 1 is 1.29 bits per heavy atom. The second-order valence-electron chi connectivity index (χ2n) is 4.03. The molecule has 2 nitrogen and oxygen atoms in total. The normalized spacial score (nSPS) is 24.2. The lowest BCUT2D eigenvalue weighted by atomic mass is 10.0. The van der Waals surface area contributed by atoms with Crippen LogP contribution in [0.5, 0.6) is 0 Å². The van der Waals surface area contributed by atoms with Crippen LogP contribution in [-0.2, 0) is 0 Å². The summed E-state index contributed by atoms with van der Waals surface area (Å²) in [5.74, 6) is 1.29. The fourth-order valence-corrected chi connectivity index (χ4v) is 2.35. The highest BCUT2D eigenvalue weighted by molar-refractivity contribution is 7.98. The minimum atomic E-state index is 0.768. The van der Waals surface area contributed by atoms with Crippen molar-refractivity contribution in [3.8, 4) is 0 Å². The van der Waals surface area contributed by atoms with Gasteiger partial charge in [-0.15, -0.1) is 0 Å². The summed E-state index contributed by atoms with van der Waals surface area (Å²) in [5, 5.41) is 7.15. The maximum atomic E-state index is 3.67. The Balaban J connectivity index is 2.02. The molecule has 1 atom stereocenters. The number of rotatable bonds is 5. The number of thioether (sulfide) groups is 1. The van der Waals surface area contributed by atoms with E-state index >= 15 is 0 Å².